The highest BCUT2D eigenvalue weighted by atomic mass is 32.2. The van der Waals surface area contributed by atoms with Gasteiger partial charge in [-0.25, -0.2) is 13.2 Å². The Balaban J connectivity index is 1.61. The molecule has 1 amide bonds. The molecule has 2 fully saturated rings. The summed E-state index contributed by atoms with van der Waals surface area (Å²) in [7, 11) is -3.68. The lowest BCUT2D eigenvalue weighted by molar-refractivity contribution is -0.135. The first-order valence-corrected chi connectivity index (χ1v) is 12.5. The van der Waals surface area contributed by atoms with E-state index in [0.717, 1.165) is 25.7 Å². The molecule has 0 unspecified atom stereocenters. The number of amides is 1. The van der Waals surface area contributed by atoms with Gasteiger partial charge in [-0.15, -0.1) is 0 Å². The molecule has 170 valence electrons. The topological polar surface area (TPSA) is 92.8 Å². The van der Waals surface area contributed by atoms with Crippen LogP contribution >= 0.6 is 0 Å². The second-order valence-electron chi connectivity index (χ2n) is 9.28. The number of nitrogens with zero attached hydrogens (tertiary/aromatic N) is 3. The molecule has 2 saturated heterocycles. The Morgan fingerprint density at radius 3 is 2.52 bits per heavy atom. The van der Waals surface area contributed by atoms with Gasteiger partial charge in [-0.1, -0.05) is 13.8 Å². The number of hydrogen-bond acceptors (Lipinski definition) is 5. The fourth-order valence-electron chi connectivity index (χ4n) is 5.00. The summed E-state index contributed by atoms with van der Waals surface area (Å²) in [5.41, 5.74) is 0.617. The Labute approximate surface area is 182 Å². The number of sulfonamides is 1. The molecular weight excluding hydrogens is 418 g/mol. The van der Waals surface area contributed by atoms with E-state index in [0.29, 0.717) is 37.0 Å². The average Bonchev–Trinajstić information content (AvgIpc) is 3.02. The molecule has 2 aliphatic rings. The van der Waals surface area contributed by atoms with Gasteiger partial charge in [-0.3, -0.25) is 9.36 Å². The van der Waals surface area contributed by atoms with Gasteiger partial charge >= 0.3 is 5.76 Å². The highest BCUT2D eigenvalue weighted by Crippen LogP contribution is 2.28. The monoisotopic (exact) mass is 449 g/mol. The Morgan fingerprint density at radius 2 is 1.84 bits per heavy atom. The first-order chi connectivity index (χ1) is 14.7. The zero-order valence-electron chi connectivity index (χ0n) is 18.4. The van der Waals surface area contributed by atoms with Crippen molar-refractivity contribution in [2.75, 3.05) is 19.6 Å². The van der Waals surface area contributed by atoms with Crippen molar-refractivity contribution in [1.82, 2.24) is 13.8 Å². The lowest BCUT2D eigenvalue weighted by Crippen LogP contribution is -2.44. The van der Waals surface area contributed by atoms with E-state index in [1.54, 1.807) is 6.07 Å². The van der Waals surface area contributed by atoms with E-state index < -0.39 is 15.8 Å². The van der Waals surface area contributed by atoms with Crippen molar-refractivity contribution in [3.8, 4) is 0 Å². The van der Waals surface area contributed by atoms with Crippen LogP contribution < -0.4 is 5.76 Å². The van der Waals surface area contributed by atoms with Gasteiger partial charge in [-0.2, -0.15) is 4.31 Å². The van der Waals surface area contributed by atoms with Crippen LogP contribution in [0.5, 0.6) is 0 Å². The van der Waals surface area contributed by atoms with E-state index in [1.807, 2.05) is 11.8 Å². The van der Waals surface area contributed by atoms with Crippen LogP contribution in [0.15, 0.2) is 32.3 Å². The molecule has 31 heavy (non-hydrogen) atoms. The molecule has 0 N–H and O–H groups in total. The quantitative estimate of drug-likeness (QED) is 0.715. The lowest BCUT2D eigenvalue weighted by atomic mass is 9.94. The summed E-state index contributed by atoms with van der Waals surface area (Å²) >= 11 is 0. The van der Waals surface area contributed by atoms with E-state index in [-0.39, 0.29) is 29.0 Å². The van der Waals surface area contributed by atoms with Crippen molar-refractivity contribution in [2.45, 2.75) is 63.9 Å². The largest absolute Gasteiger partial charge is 0.420 e. The van der Waals surface area contributed by atoms with Crippen LogP contribution in [0, 0.1) is 11.8 Å². The fourth-order valence-corrected chi connectivity index (χ4v) is 6.70. The summed E-state index contributed by atoms with van der Waals surface area (Å²) in [5.74, 6) is -0.179. The zero-order valence-corrected chi connectivity index (χ0v) is 19.2. The standard InChI is InChI=1S/C22H31N3O5S/c1-15-10-16(2)13-23(12-15)31(28,29)18-7-8-19-20(11-18)30-22(27)25(19)14-21(26)24-9-5-4-6-17(24)3/h7-8,11,15-17H,4-6,9-10,12-14H2,1-3H3/t15-,16+,17-/m0/s1. The number of piperidine rings is 2. The second kappa shape index (κ2) is 8.43. The van der Waals surface area contributed by atoms with E-state index in [4.69, 9.17) is 4.42 Å². The summed E-state index contributed by atoms with van der Waals surface area (Å²) in [6.45, 7) is 7.69. The molecule has 0 bridgehead atoms. The molecule has 0 saturated carbocycles. The van der Waals surface area contributed by atoms with E-state index in [9.17, 15) is 18.0 Å². The van der Waals surface area contributed by atoms with Crippen LogP contribution in [0.1, 0.15) is 46.5 Å². The minimum atomic E-state index is -3.68. The summed E-state index contributed by atoms with van der Waals surface area (Å²) < 4.78 is 34.5. The lowest BCUT2D eigenvalue weighted by Gasteiger charge is -2.34. The maximum absolute atomic E-state index is 13.2. The molecule has 8 nitrogen and oxygen atoms in total. The van der Waals surface area contributed by atoms with Gasteiger partial charge in [0.25, 0.3) is 0 Å². The third kappa shape index (κ3) is 4.30. The molecule has 9 heteroatoms. The third-order valence-electron chi connectivity index (χ3n) is 6.53. The molecule has 2 aromatic rings. The molecule has 3 atom stereocenters. The molecule has 4 rings (SSSR count). The average molecular weight is 450 g/mol. The molecular formula is C22H31N3O5S. The number of oxazole rings is 1. The summed E-state index contributed by atoms with van der Waals surface area (Å²) in [6.07, 6.45) is 4.03. The molecule has 1 aromatic heterocycles. The van der Waals surface area contributed by atoms with Crippen LogP contribution in [0.4, 0.5) is 0 Å². The van der Waals surface area contributed by atoms with Gasteiger partial charge < -0.3 is 9.32 Å². The van der Waals surface area contributed by atoms with E-state index in [1.165, 1.54) is 21.0 Å². The Morgan fingerprint density at radius 1 is 1.13 bits per heavy atom. The maximum atomic E-state index is 13.2. The van der Waals surface area contributed by atoms with Crippen molar-refractivity contribution in [3.05, 3.63) is 28.7 Å². The van der Waals surface area contributed by atoms with E-state index >= 15 is 0 Å². The highest BCUT2D eigenvalue weighted by molar-refractivity contribution is 7.89. The van der Waals surface area contributed by atoms with Crippen LogP contribution in [-0.2, 0) is 21.4 Å². The van der Waals surface area contributed by atoms with Crippen LogP contribution in [-0.4, -0.2) is 53.8 Å². The van der Waals surface area contributed by atoms with Gasteiger partial charge in [0.2, 0.25) is 15.9 Å². The van der Waals surface area contributed by atoms with Crippen molar-refractivity contribution in [2.24, 2.45) is 11.8 Å². The normalized spacial score (nSPS) is 25.8. The second-order valence-corrected chi connectivity index (χ2v) is 11.2. The summed E-state index contributed by atoms with van der Waals surface area (Å²) in [6, 6.07) is 4.62. The van der Waals surface area contributed by atoms with Gasteiger partial charge in [0.1, 0.15) is 6.54 Å². The minimum absolute atomic E-state index is 0.108. The Hall–Kier alpha value is -2.13. The highest BCUT2D eigenvalue weighted by Gasteiger charge is 2.32. The molecule has 3 heterocycles. The van der Waals surface area contributed by atoms with Crippen molar-refractivity contribution >= 4 is 27.0 Å². The maximum Gasteiger partial charge on any atom is 0.420 e. The zero-order chi connectivity index (χ0) is 22.3. The number of aromatic nitrogens is 1. The predicted molar refractivity (Wildman–Crippen MR) is 117 cm³/mol. The number of rotatable bonds is 4. The van der Waals surface area contributed by atoms with Gasteiger partial charge in [0.15, 0.2) is 5.58 Å². The Bertz CT molecular complexity index is 1130. The van der Waals surface area contributed by atoms with Crippen molar-refractivity contribution in [3.63, 3.8) is 0 Å². The number of hydrogen-bond donors (Lipinski definition) is 0. The first kappa shape index (κ1) is 22.1. The van der Waals surface area contributed by atoms with Crippen LogP contribution in [0.25, 0.3) is 11.1 Å². The minimum Gasteiger partial charge on any atom is -0.408 e. The first-order valence-electron chi connectivity index (χ1n) is 11.1. The predicted octanol–water partition coefficient (Wildman–Crippen LogP) is 2.66. The van der Waals surface area contributed by atoms with Crippen LogP contribution in [0.3, 0.4) is 0 Å². The smallest absolute Gasteiger partial charge is 0.408 e. The van der Waals surface area contributed by atoms with Crippen molar-refractivity contribution < 1.29 is 17.6 Å². The van der Waals surface area contributed by atoms with Gasteiger partial charge in [0.05, 0.1) is 10.4 Å². The molecule has 0 spiro atoms. The number of likely N-dealkylation sites (tertiary alicyclic amines) is 1. The van der Waals surface area contributed by atoms with E-state index in [2.05, 4.69) is 13.8 Å². The number of carbonyl (C=O) groups excluding carboxylic acids is 1. The third-order valence-corrected chi connectivity index (χ3v) is 8.36. The number of fused-ring (bicyclic) bond motifs is 1. The van der Waals surface area contributed by atoms with Crippen LogP contribution in [0.2, 0.25) is 0 Å². The molecule has 0 radical (unpaired) electrons. The molecule has 1 aromatic carbocycles. The summed E-state index contributed by atoms with van der Waals surface area (Å²) in [4.78, 5) is 27.2. The molecule has 2 aliphatic heterocycles. The summed E-state index contributed by atoms with van der Waals surface area (Å²) in [5, 5.41) is 0. The van der Waals surface area contributed by atoms with Gasteiger partial charge in [-0.05, 0) is 56.6 Å². The fraction of sp³-hybridized carbons (Fsp3) is 0.636. The molecule has 0 aliphatic carbocycles. The Kier molecular flexibility index (Phi) is 6.00. The van der Waals surface area contributed by atoms with Gasteiger partial charge in [0, 0.05) is 31.7 Å². The number of benzene rings is 1. The SMILES string of the molecule is C[C@@H]1C[C@H](C)CN(S(=O)(=O)c2ccc3c(c2)oc(=O)n3CC(=O)N2CCCC[C@@H]2C)C1. The number of carbonyl (C=O) groups is 1. The van der Waals surface area contributed by atoms with Crippen molar-refractivity contribution in [1.29, 1.82) is 0 Å².